The molecule has 0 aliphatic heterocycles. The Morgan fingerprint density at radius 3 is 2.57 bits per heavy atom. The fourth-order valence-electron chi connectivity index (χ4n) is 1.13. The van der Waals surface area contributed by atoms with Crippen LogP contribution in [-0.2, 0) is 10.8 Å². The summed E-state index contributed by atoms with van der Waals surface area (Å²) in [5.41, 5.74) is 3.02. The molecule has 74 valence electrons. The van der Waals surface area contributed by atoms with Crippen molar-refractivity contribution in [3.63, 3.8) is 0 Å². The number of rotatable bonds is 3. The summed E-state index contributed by atoms with van der Waals surface area (Å²) >= 11 is 0. The molecule has 0 radical (unpaired) electrons. The largest absolute Gasteiger partial charge is 0.249 e. The topological polar surface area (TPSA) is 17.1 Å². The Morgan fingerprint density at radius 1 is 1.43 bits per heavy atom. The van der Waals surface area contributed by atoms with Crippen LogP contribution in [0, 0.1) is 0 Å². The molecule has 0 aliphatic rings. The zero-order chi connectivity index (χ0) is 10.4. The summed E-state index contributed by atoms with van der Waals surface area (Å²) in [6.45, 7) is 3.88. The predicted octanol–water partition coefficient (Wildman–Crippen LogP) is 3.26. The lowest BCUT2D eigenvalue weighted by Crippen LogP contribution is -1.93. The first-order chi connectivity index (χ1) is 6.79. The average Bonchev–Trinajstić information content (AvgIpc) is 2.26. The Hall–Kier alpha value is -1.11. The lowest BCUT2D eigenvalue weighted by atomic mass is 10.4. The normalized spacial score (nSPS) is 11.6. The fourth-order valence-corrected chi connectivity index (χ4v) is 2.31. The summed E-state index contributed by atoms with van der Waals surface area (Å²) in [6.07, 6.45) is 2.57. The van der Waals surface area contributed by atoms with E-state index < -0.39 is 10.8 Å². The molecule has 0 saturated heterocycles. The molecular formula is C12H14OS. The molecule has 1 atom stereocenters. The number of benzene rings is 1. The second-order valence-electron chi connectivity index (χ2n) is 2.79. The first-order valence-corrected chi connectivity index (χ1v) is 5.81. The maximum Gasteiger partial charge on any atom is 0.0886 e. The van der Waals surface area contributed by atoms with Crippen LogP contribution in [0.15, 0.2) is 51.9 Å². The second kappa shape index (κ2) is 5.58. The summed E-state index contributed by atoms with van der Waals surface area (Å²) in [4.78, 5) is 1.69. The third-order valence-corrected chi connectivity index (χ3v) is 3.36. The van der Waals surface area contributed by atoms with E-state index >= 15 is 0 Å². The number of allylic oxidation sites excluding steroid dienone is 1. The first-order valence-electron chi connectivity index (χ1n) is 4.66. The van der Waals surface area contributed by atoms with Crippen molar-refractivity contribution < 1.29 is 4.21 Å². The minimum absolute atomic E-state index is 0.770. The maximum atomic E-state index is 12.0. The van der Waals surface area contributed by atoms with Crippen molar-refractivity contribution in [1.29, 1.82) is 0 Å². The van der Waals surface area contributed by atoms with Gasteiger partial charge < -0.3 is 0 Å². The van der Waals surface area contributed by atoms with E-state index in [-0.39, 0.29) is 0 Å². The molecule has 14 heavy (non-hydrogen) atoms. The van der Waals surface area contributed by atoms with Crippen LogP contribution < -0.4 is 0 Å². The Balaban J connectivity index is 3.02. The van der Waals surface area contributed by atoms with Crippen LogP contribution in [0.5, 0.6) is 0 Å². The van der Waals surface area contributed by atoms with E-state index in [1.54, 1.807) is 6.08 Å². The molecule has 0 aliphatic carbocycles. The van der Waals surface area contributed by atoms with E-state index in [1.807, 2.05) is 44.2 Å². The van der Waals surface area contributed by atoms with E-state index in [0.717, 1.165) is 16.2 Å². The number of hydrogen-bond donors (Lipinski definition) is 0. The molecule has 2 heteroatoms. The van der Waals surface area contributed by atoms with E-state index in [9.17, 15) is 4.21 Å². The van der Waals surface area contributed by atoms with E-state index in [0.29, 0.717) is 0 Å². The minimum atomic E-state index is -1.05. The third-order valence-electron chi connectivity index (χ3n) is 1.81. The van der Waals surface area contributed by atoms with Crippen molar-refractivity contribution in [3.05, 3.63) is 47.0 Å². The van der Waals surface area contributed by atoms with E-state index in [1.165, 1.54) is 0 Å². The van der Waals surface area contributed by atoms with Gasteiger partial charge in [-0.1, -0.05) is 25.1 Å². The van der Waals surface area contributed by atoms with Crippen molar-refractivity contribution in [3.8, 4) is 0 Å². The van der Waals surface area contributed by atoms with Crippen LogP contribution in [0.1, 0.15) is 20.3 Å². The molecule has 0 aromatic heterocycles. The molecule has 1 rings (SSSR count). The van der Waals surface area contributed by atoms with Crippen LogP contribution in [0.3, 0.4) is 0 Å². The summed E-state index contributed by atoms with van der Waals surface area (Å²) in [5, 5.41) is 0. The molecule has 0 bridgehead atoms. The van der Waals surface area contributed by atoms with Crippen LogP contribution in [-0.4, -0.2) is 4.21 Å². The zero-order valence-corrected chi connectivity index (χ0v) is 9.30. The Bertz CT molecular complexity index is 373. The maximum absolute atomic E-state index is 12.0. The molecule has 1 aromatic carbocycles. The highest BCUT2D eigenvalue weighted by atomic mass is 32.2. The highest BCUT2D eigenvalue weighted by molar-refractivity contribution is 7.89. The monoisotopic (exact) mass is 206 g/mol. The van der Waals surface area contributed by atoms with Gasteiger partial charge in [-0.3, -0.25) is 0 Å². The molecule has 0 saturated carbocycles. The quantitative estimate of drug-likeness (QED) is 0.694. The third kappa shape index (κ3) is 2.69. The lowest BCUT2D eigenvalue weighted by Gasteiger charge is -2.01. The van der Waals surface area contributed by atoms with Gasteiger partial charge in [-0.05, 0) is 31.6 Å². The van der Waals surface area contributed by atoms with Crippen LogP contribution >= 0.6 is 0 Å². The summed E-state index contributed by atoms with van der Waals surface area (Å²) in [6, 6.07) is 9.48. The minimum Gasteiger partial charge on any atom is -0.249 e. The van der Waals surface area contributed by atoms with Gasteiger partial charge in [0, 0.05) is 4.90 Å². The molecule has 0 fully saturated rings. The Labute approximate surface area is 87.6 Å². The summed E-state index contributed by atoms with van der Waals surface area (Å²) < 4.78 is 12.0. The summed E-state index contributed by atoms with van der Waals surface area (Å²) in [5.74, 6) is 0. The van der Waals surface area contributed by atoms with E-state index in [2.05, 4.69) is 5.73 Å². The standard InChI is InChI=1S/C12H14OS/c1-3-8-11(4-2)14(13)12-9-6-5-7-10-12/h3,5-7,9-10H,4H2,1-2H3. The van der Waals surface area contributed by atoms with Crippen molar-refractivity contribution in [2.45, 2.75) is 25.2 Å². The van der Waals surface area contributed by atoms with Gasteiger partial charge in [0.1, 0.15) is 0 Å². The molecule has 1 aromatic rings. The van der Waals surface area contributed by atoms with Gasteiger partial charge in [0.2, 0.25) is 0 Å². The zero-order valence-electron chi connectivity index (χ0n) is 8.49. The molecule has 0 amide bonds. The van der Waals surface area contributed by atoms with Crippen LogP contribution in [0.4, 0.5) is 0 Å². The van der Waals surface area contributed by atoms with Crippen molar-refractivity contribution >= 4 is 10.8 Å². The van der Waals surface area contributed by atoms with Gasteiger partial charge in [-0.15, -0.1) is 5.73 Å². The lowest BCUT2D eigenvalue weighted by molar-refractivity contribution is 0.686. The SMILES string of the molecule is CC=C=C(CC)S(=O)c1ccccc1. The molecule has 1 unspecified atom stereocenters. The molecule has 0 heterocycles. The van der Waals surface area contributed by atoms with E-state index in [4.69, 9.17) is 0 Å². The molecule has 1 nitrogen and oxygen atoms in total. The predicted molar refractivity (Wildman–Crippen MR) is 60.4 cm³/mol. The molecule has 0 spiro atoms. The van der Waals surface area contributed by atoms with Crippen molar-refractivity contribution in [1.82, 2.24) is 0 Å². The van der Waals surface area contributed by atoms with Crippen molar-refractivity contribution in [2.24, 2.45) is 0 Å². The second-order valence-corrected chi connectivity index (χ2v) is 4.29. The molecule has 0 N–H and O–H groups in total. The highest BCUT2D eigenvalue weighted by Gasteiger charge is 2.06. The Kier molecular flexibility index (Phi) is 4.37. The Morgan fingerprint density at radius 2 is 2.07 bits per heavy atom. The van der Waals surface area contributed by atoms with Gasteiger partial charge in [0.25, 0.3) is 0 Å². The van der Waals surface area contributed by atoms with Gasteiger partial charge in [-0.25, -0.2) is 4.21 Å². The van der Waals surface area contributed by atoms with Gasteiger partial charge in [0.05, 0.1) is 15.7 Å². The van der Waals surface area contributed by atoms with Gasteiger partial charge in [-0.2, -0.15) is 0 Å². The van der Waals surface area contributed by atoms with Crippen LogP contribution in [0.2, 0.25) is 0 Å². The molecular weight excluding hydrogens is 192 g/mol. The average molecular weight is 206 g/mol. The van der Waals surface area contributed by atoms with Crippen molar-refractivity contribution in [2.75, 3.05) is 0 Å². The first kappa shape index (κ1) is 11.0. The fraction of sp³-hybridized carbons (Fsp3) is 0.250. The highest BCUT2D eigenvalue weighted by Crippen LogP contribution is 2.15. The summed E-state index contributed by atoms with van der Waals surface area (Å²) in [7, 11) is -1.05. The smallest absolute Gasteiger partial charge is 0.0886 e. The van der Waals surface area contributed by atoms with Crippen LogP contribution in [0.25, 0.3) is 0 Å². The van der Waals surface area contributed by atoms with Gasteiger partial charge >= 0.3 is 0 Å². The number of hydrogen-bond acceptors (Lipinski definition) is 1. The van der Waals surface area contributed by atoms with Gasteiger partial charge in [0.15, 0.2) is 0 Å².